The molecular weight excluding hydrogens is 306 g/mol. The third kappa shape index (κ3) is 3.81. The second kappa shape index (κ2) is 5.70. The molecule has 0 aliphatic carbocycles. The van der Waals surface area contributed by atoms with Crippen LogP contribution in [0.5, 0.6) is 0 Å². The van der Waals surface area contributed by atoms with Crippen LogP contribution in [0, 0.1) is 0 Å². The van der Waals surface area contributed by atoms with E-state index in [4.69, 9.17) is 5.73 Å². The van der Waals surface area contributed by atoms with Gasteiger partial charge >= 0.3 is 6.18 Å². The first-order valence-electron chi connectivity index (χ1n) is 4.10. The van der Waals surface area contributed by atoms with Gasteiger partial charge in [-0.1, -0.05) is 22.0 Å². The minimum atomic E-state index is -4.36. The highest BCUT2D eigenvalue weighted by Gasteiger charge is 2.31. The Morgan fingerprint density at radius 1 is 1.31 bits per heavy atom. The first-order chi connectivity index (χ1) is 6.84. The quantitative estimate of drug-likeness (QED) is 0.818. The van der Waals surface area contributed by atoms with Crippen LogP contribution in [0.1, 0.15) is 17.2 Å². The maximum Gasteiger partial charge on any atom is 0.416 e. The van der Waals surface area contributed by atoms with Crippen LogP contribution in [-0.2, 0) is 6.18 Å². The molecule has 0 spiro atoms. The van der Waals surface area contributed by atoms with Crippen molar-refractivity contribution in [2.75, 3.05) is 0 Å². The van der Waals surface area contributed by atoms with Gasteiger partial charge in [-0.05, 0) is 23.8 Å². The molecule has 0 saturated heterocycles. The van der Waals surface area contributed by atoms with Crippen molar-refractivity contribution in [2.24, 2.45) is 5.73 Å². The fraction of sp³-hybridized carbons (Fsp3) is 0.200. The number of hydrogen-bond donors (Lipinski definition) is 1. The Balaban J connectivity index is 0.00000225. The van der Waals surface area contributed by atoms with Crippen molar-refractivity contribution in [3.63, 3.8) is 0 Å². The molecule has 16 heavy (non-hydrogen) atoms. The molecule has 0 heterocycles. The van der Waals surface area contributed by atoms with Crippen molar-refractivity contribution in [2.45, 2.75) is 12.2 Å². The van der Waals surface area contributed by atoms with Crippen LogP contribution in [-0.4, -0.2) is 0 Å². The van der Waals surface area contributed by atoms with Crippen LogP contribution in [0.25, 0.3) is 0 Å². The van der Waals surface area contributed by atoms with Gasteiger partial charge in [-0.15, -0.1) is 19.0 Å². The zero-order valence-corrected chi connectivity index (χ0v) is 10.5. The maximum absolute atomic E-state index is 12.4. The van der Waals surface area contributed by atoms with E-state index in [0.29, 0.717) is 10.0 Å². The van der Waals surface area contributed by atoms with Gasteiger partial charge in [0.25, 0.3) is 0 Å². The van der Waals surface area contributed by atoms with Gasteiger partial charge in [0.1, 0.15) is 0 Å². The summed E-state index contributed by atoms with van der Waals surface area (Å²) in [4.78, 5) is 0. The normalized spacial score (nSPS) is 12.8. The van der Waals surface area contributed by atoms with Gasteiger partial charge in [-0.2, -0.15) is 13.2 Å². The van der Waals surface area contributed by atoms with Gasteiger partial charge in [-0.25, -0.2) is 0 Å². The number of benzene rings is 1. The molecule has 1 aromatic rings. The number of alkyl halides is 3. The van der Waals surface area contributed by atoms with E-state index in [1.807, 2.05) is 0 Å². The minimum Gasteiger partial charge on any atom is -0.321 e. The first-order valence-corrected chi connectivity index (χ1v) is 4.89. The number of halogens is 5. The zero-order chi connectivity index (χ0) is 11.6. The lowest BCUT2D eigenvalue weighted by atomic mass is 10.0. The summed E-state index contributed by atoms with van der Waals surface area (Å²) in [5, 5.41) is 0. The third-order valence-electron chi connectivity index (χ3n) is 1.89. The number of hydrogen-bond acceptors (Lipinski definition) is 1. The fourth-order valence-corrected chi connectivity index (χ4v) is 1.62. The maximum atomic E-state index is 12.4. The molecule has 6 heteroatoms. The average Bonchev–Trinajstić information content (AvgIpc) is 2.14. The molecule has 0 radical (unpaired) electrons. The van der Waals surface area contributed by atoms with Crippen molar-refractivity contribution >= 4 is 28.3 Å². The van der Waals surface area contributed by atoms with Crippen molar-refractivity contribution in [1.29, 1.82) is 0 Å². The summed E-state index contributed by atoms with van der Waals surface area (Å²) in [7, 11) is 0. The Hall–Kier alpha value is -0.520. The van der Waals surface area contributed by atoms with E-state index in [1.54, 1.807) is 6.07 Å². The van der Waals surface area contributed by atoms with E-state index in [2.05, 4.69) is 22.5 Å². The van der Waals surface area contributed by atoms with Crippen molar-refractivity contribution in [3.8, 4) is 0 Å². The van der Waals surface area contributed by atoms with Gasteiger partial charge in [0, 0.05) is 10.5 Å². The monoisotopic (exact) mass is 315 g/mol. The summed E-state index contributed by atoms with van der Waals surface area (Å²) in [5.74, 6) is 0. The Labute approximate surface area is 106 Å². The summed E-state index contributed by atoms with van der Waals surface area (Å²) in [6.45, 7) is 3.44. The minimum absolute atomic E-state index is 0. The van der Waals surface area contributed by atoms with Gasteiger partial charge in [0.2, 0.25) is 0 Å². The van der Waals surface area contributed by atoms with Crippen molar-refractivity contribution in [1.82, 2.24) is 0 Å². The smallest absolute Gasteiger partial charge is 0.321 e. The predicted octanol–water partition coefficient (Wildman–Crippen LogP) is 4.08. The Kier molecular flexibility index (Phi) is 5.52. The average molecular weight is 317 g/mol. The van der Waals surface area contributed by atoms with Gasteiger partial charge in [0.05, 0.1) is 5.56 Å². The summed E-state index contributed by atoms with van der Waals surface area (Å²) in [5.41, 5.74) is 5.23. The fourth-order valence-electron chi connectivity index (χ4n) is 1.10. The van der Waals surface area contributed by atoms with E-state index < -0.39 is 17.8 Å². The molecule has 0 aromatic heterocycles. The lowest BCUT2D eigenvalue weighted by Crippen LogP contribution is -2.10. The molecule has 0 aliphatic heterocycles. The molecule has 90 valence electrons. The van der Waals surface area contributed by atoms with Crippen LogP contribution in [0.15, 0.2) is 35.3 Å². The molecule has 1 rings (SSSR count). The summed E-state index contributed by atoms with van der Waals surface area (Å²) in [6, 6.07) is 2.99. The predicted molar refractivity (Wildman–Crippen MR) is 63.5 cm³/mol. The lowest BCUT2D eigenvalue weighted by Gasteiger charge is -2.12. The molecule has 0 aliphatic rings. The van der Waals surface area contributed by atoms with E-state index in [1.165, 1.54) is 6.08 Å². The highest BCUT2D eigenvalue weighted by atomic mass is 79.9. The number of nitrogens with two attached hydrogens (primary N) is 1. The van der Waals surface area contributed by atoms with Crippen LogP contribution in [0.4, 0.5) is 13.2 Å². The molecule has 0 saturated carbocycles. The molecule has 0 unspecified atom stereocenters. The molecule has 0 bridgehead atoms. The molecule has 1 nitrogen and oxygen atoms in total. The second-order valence-electron chi connectivity index (χ2n) is 3.03. The first kappa shape index (κ1) is 15.5. The standard InChI is InChI=1S/C10H9BrF3N.ClH/c1-2-9(15)6-3-7(10(12,13)14)5-8(11)4-6;/h2-5,9H,1,15H2;1H/t9-;/m1./s1. The van der Waals surface area contributed by atoms with Gasteiger partial charge in [-0.3, -0.25) is 0 Å². The highest BCUT2D eigenvalue weighted by molar-refractivity contribution is 9.10. The van der Waals surface area contributed by atoms with Gasteiger partial charge in [0.15, 0.2) is 0 Å². The van der Waals surface area contributed by atoms with Crippen molar-refractivity contribution in [3.05, 3.63) is 46.5 Å². The van der Waals surface area contributed by atoms with E-state index in [-0.39, 0.29) is 12.4 Å². The van der Waals surface area contributed by atoms with Crippen LogP contribution in [0.2, 0.25) is 0 Å². The summed E-state index contributed by atoms with van der Waals surface area (Å²) in [6.07, 6.45) is -2.97. The van der Waals surface area contributed by atoms with E-state index in [9.17, 15) is 13.2 Å². The molecule has 1 atom stereocenters. The topological polar surface area (TPSA) is 26.0 Å². The largest absolute Gasteiger partial charge is 0.416 e. The molecule has 2 N–H and O–H groups in total. The molecule has 1 aromatic carbocycles. The molecule has 0 amide bonds. The van der Waals surface area contributed by atoms with Crippen LogP contribution in [0.3, 0.4) is 0 Å². The zero-order valence-electron chi connectivity index (χ0n) is 8.09. The molecule has 0 fully saturated rings. The second-order valence-corrected chi connectivity index (χ2v) is 3.95. The Morgan fingerprint density at radius 3 is 2.31 bits per heavy atom. The van der Waals surface area contributed by atoms with Gasteiger partial charge < -0.3 is 5.73 Å². The van der Waals surface area contributed by atoms with Crippen molar-refractivity contribution < 1.29 is 13.2 Å². The van der Waals surface area contributed by atoms with Crippen LogP contribution < -0.4 is 5.73 Å². The SMILES string of the molecule is C=C[C@@H](N)c1cc(Br)cc(C(F)(F)F)c1.Cl. The third-order valence-corrected chi connectivity index (χ3v) is 2.34. The Morgan fingerprint density at radius 2 is 1.88 bits per heavy atom. The summed E-state index contributed by atoms with van der Waals surface area (Å²) >= 11 is 3.01. The van der Waals surface area contributed by atoms with Crippen LogP contribution >= 0.6 is 28.3 Å². The van der Waals surface area contributed by atoms with E-state index in [0.717, 1.165) is 12.1 Å². The summed E-state index contributed by atoms with van der Waals surface area (Å²) < 4.78 is 37.6. The highest BCUT2D eigenvalue weighted by Crippen LogP contribution is 2.33. The Bertz CT molecular complexity index is 379. The lowest BCUT2D eigenvalue weighted by molar-refractivity contribution is -0.137. The van der Waals surface area contributed by atoms with E-state index >= 15 is 0 Å². The molecular formula is C10H10BrClF3N. The number of rotatable bonds is 2.